The first-order valence-electron chi connectivity index (χ1n) is 5.50. The number of carboxylic acid groups (broad SMARTS) is 1. The fourth-order valence-electron chi connectivity index (χ4n) is 2.53. The Morgan fingerprint density at radius 1 is 1.43 bits per heavy atom. The fourth-order valence-corrected chi connectivity index (χ4v) is 2.53. The van der Waals surface area contributed by atoms with Crippen molar-refractivity contribution in [2.75, 3.05) is 0 Å². The Kier molecular flexibility index (Phi) is 3.78. The molecule has 1 rings (SSSR count). The lowest BCUT2D eigenvalue weighted by Crippen LogP contribution is -2.45. The second-order valence-electron chi connectivity index (χ2n) is 4.88. The molecule has 0 spiro atoms. The van der Waals surface area contributed by atoms with Crippen molar-refractivity contribution in [2.24, 2.45) is 17.8 Å². The Labute approximate surface area is 85.9 Å². The molecule has 0 bridgehead atoms. The first-order valence-corrected chi connectivity index (χ1v) is 5.50. The summed E-state index contributed by atoms with van der Waals surface area (Å²) in [7, 11) is 0. The normalized spacial score (nSPS) is 33.0. The molecule has 1 aliphatic carbocycles. The highest BCUT2D eigenvalue weighted by Crippen LogP contribution is 2.33. The van der Waals surface area contributed by atoms with Crippen LogP contribution < -0.4 is 5.32 Å². The van der Waals surface area contributed by atoms with Crippen molar-refractivity contribution in [3.63, 3.8) is 0 Å². The van der Waals surface area contributed by atoms with Crippen LogP contribution in [0, 0.1) is 17.8 Å². The maximum absolute atomic E-state index is 10.6. The lowest BCUT2D eigenvalue weighted by atomic mass is 9.74. The lowest BCUT2D eigenvalue weighted by Gasteiger charge is -2.37. The zero-order valence-electron chi connectivity index (χ0n) is 9.29. The lowest BCUT2D eigenvalue weighted by molar-refractivity contribution is 0.147. The summed E-state index contributed by atoms with van der Waals surface area (Å²) in [5.41, 5.74) is 0. The third kappa shape index (κ3) is 2.89. The van der Waals surface area contributed by atoms with Crippen LogP contribution in [0.4, 0.5) is 4.79 Å². The summed E-state index contributed by atoms with van der Waals surface area (Å²) in [6.45, 7) is 6.56. The Bertz CT molecular complexity index is 203. The third-order valence-electron chi connectivity index (χ3n) is 3.33. The van der Waals surface area contributed by atoms with Crippen LogP contribution in [0.5, 0.6) is 0 Å². The minimum absolute atomic E-state index is 0.163. The van der Waals surface area contributed by atoms with E-state index in [1.54, 1.807) is 0 Å². The Balaban J connectivity index is 2.58. The van der Waals surface area contributed by atoms with Gasteiger partial charge in [-0.2, -0.15) is 0 Å². The third-order valence-corrected chi connectivity index (χ3v) is 3.33. The predicted molar refractivity (Wildman–Crippen MR) is 56.3 cm³/mol. The Hall–Kier alpha value is -0.730. The molecular formula is C11H21NO2. The second-order valence-corrected chi connectivity index (χ2v) is 4.88. The topological polar surface area (TPSA) is 49.3 Å². The molecule has 1 aliphatic rings. The number of amides is 1. The van der Waals surface area contributed by atoms with Crippen molar-refractivity contribution < 1.29 is 9.90 Å². The summed E-state index contributed by atoms with van der Waals surface area (Å²) in [6.07, 6.45) is 2.51. The molecule has 82 valence electrons. The van der Waals surface area contributed by atoms with Crippen LogP contribution in [0.25, 0.3) is 0 Å². The summed E-state index contributed by atoms with van der Waals surface area (Å²) < 4.78 is 0. The maximum Gasteiger partial charge on any atom is 0.404 e. The van der Waals surface area contributed by atoms with Crippen molar-refractivity contribution in [1.29, 1.82) is 0 Å². The van der Waals surface area contributed by atoms with E-state index < -0.39 is 6.09 Å². The average Bonchev–Trinajstić information content (AvgIpc) is 2.01. The molecule has 0 aliphatic heterocycles. The van der Waals surface area contributed by atoms with Crippen molar-refractivity contribution in [2.45, 2.75) is 46.1 Å². The second kappa shape index (κ2) is 4.67. The van der Waals surface area contributed by atoms with Gasteiger partial charge in [0, 0.05) is 6.04 Å². The number of hydrogen-bond acceptors (Lipinski definition) is 1. The molecule has 0 unspecified atom stereocenters. The molecule has 0 aromatic carbocycles. The molecule has 3 heteroatoms. The molecule has 1 saturated carbocycles. The van der Waals surface area contributed by atoms with E-state index in [1.165, 1.54) is 6.42 Å². The summed E-state index contributed by atoms with van der Waals surface area (Å²) in [6, 6.07) is 0.163. The van der Waals surface area contributed by atoms with Crippen LogP contribution in [0.3, 0.4) is 0 Å². The number of rotatable bonds is 2. The SMILES string of the molecule is CC(C)[C@H]1CC[C@H](C)C[C@@H]1NC(=O)O. The summed E-state index contributed by atoms with van der Waals surface area (Å²) in [4.78, 5) is 10.6. The smallest absolute Gasteiger partial charge is 0.404 e. The minimum Gasteiger partial charge on any atom is -0.465 e. The van der Waals surface area contributed by atoms with Gasteiger partial charge in [0.1, 0.15) is 0 Å². The molecule has 2 N–H and O–H groups in total. The fraction of sp³-hybridized carbons (Fsp3) is 0.909. The molecule has 0 aromatic rings. The molecule has 0 aromatic heterocycles. The van der Waals surface area contributed by atoms with Gasteiger partial charge in [-0.1, -0.05) is 27.2 Å². The van der Waals surface area contributed by atoms with Crippen molar-refractivity contribution in [3.05, 3.63) is 0 Å². The highest BCUT2D eigenvalue weighted by atomic mass is 16.4. The van der Waals surface area contributed by atoms with E-state index in [4.69, 9.17) is 5.11 Å². The van der Waals surface area contributed by atoms with Gasteiger partial charge in [0.2, 0.25) is 0 Å². The van der Waals surface area contributed by atoms with Gasteiger partial charge in [0.15, 0.2) is 0 Å². The van der Waals surface area contributed by atoms with Crippen molar-refractivity contribution in [1.82, 2.24) is 5.32 Å². The van der Waals surface area contributed by atoms with E-state index in [-0.39, 0.29) is 6.04 Å². The van der Waals surface area contributed by atoms with Gasteiger partial charge in [-0.3, -0.25) is 0 Å². The van der Waals surface area contributed by atoms with Crippen molar-refractivity contribution >= 4 is 6.09 Å². The largest absolute Gasteiger partial charge is 0.465 e. The molecule has 1 amide bonds. The van der Waals surface area contributed by atoms with Crippen LogP contribution in [0.15, 0.2) is 0 Å². The maximum atomic E-state index is 10.6. The van der Waals surface area contributed by atoms with Gasteiger partial charge < -0.3 is 10.4 Å². The highest BCUT2D eigenvalue weighted by Gasteiger charge is 2.31. The highest BCUT2D eigenvalue weighted by molar-refractivity contribution is 5.64. The van der Waals surface area contributed by atoms with E-state index in [0.717, 1.165) is 12.8 Å². The molecule has 0 radical (unpaired) electrons. The number of carbonyl (C=O) groups is 1. The van der Waals surface area contributed by atoms with E-state index in [0.29, 0.717) is 17.8 Å². The quantitative estimate of drug-likeness (QED) is 0.718. The van der Waals surface area contributed by atoms with Crippen LogP contribution in [0.2, 0.25) is 0 Å². The van der Waals surface area contributed by atoms with Gasteiger partial charge in [0.05, 0.1) is 0 Å². The molecule has 0 heterocycles. The summed E-state index contributed by atoms with van der Waals surface area (Å²) >= 11 is 0. The van der Waals surface area contributed by atoms with E-state index >= 15 is 0 Å². The molecule has 0 saturated heterocycles. The van der Waals surface area contributed by atoms with E-state index in [9.17, 15) is 4.79 Å². The first kappa shape index (κ1) is 11.3. The molecule has 3 atom stereocenters. The van der Waals surface area contributed by atoms with Gasteiger partial charge in [-0.05, 0) is 30.6 Å². The molecule has 1 fully saturated rings. The monoisotopic (exact) mass is 199 g/mol. The number of hydrogen-bond donors (Lipinski definition) is 2. The number of nitrogens with one attached hydrogen (secondary N) is 1. The summed E-state index contributed by atoms with van der Waals surface area (Å²) in [5.74, 6) is 1.74. The van der Waals surface area contributed by atoms with Crippen LogP contribution in [0.1, 0.15) is 40.0 Å². The van der Waals surface area contributed by atoms with Gasteiger partial charge in [-0.15, -0.1) is 0 Å². The zero-order valence-corrected chi connectivity index (χ0v) is 9.29. The van der Waals surface area contributed by atoms with E-state index in [1.807, 2.05) is 0 Å². The summed E-state index contributed by atoms with van der Waals surface area (Å²) in [5, 5.41) is 11.4. The van der Waals surface area contributed by atoms with Crippen LogP contribution in [-0.2, 0) is 0 Å². The van der Waals surface area contributed by atoms with Crippen LogP contribution in [-0.4, -0.2) is 17.2 Å². The van der Waals surface area contributed by atoms with Crippen LogP contribution >= 0.6 is 0 Å². The van der Waals surface area contributed by atoms with E-state index in [2.05, 4.69) is 26.1 Å². The molecular weight excluding hydrogens is 178 g/mol. The Morgan fingerprint density at radius 2 is 2.07 bits per heavy atom. The standard InChI is InChI=1S/C11H21NO2/c1-7(2)9-5-4-8(3)6-10(9)12-11(13)14/h7-10,12H,4-6H2,1-3H3,(H,13,14)/t8-,9+,10-/m0/s1. The molecule has 14 heavy (non-hydrogen) atoms. The van der Waals surface area contributed by atoms with Crippen molar-refractivity contribution in [3.8, 4) is 0 Å². The van der Waals surface area contributed by atoms with Gasteiger partial charge in [0.25, 0.3) is 0 Å². The first-order chi connectivity index (χ1) is 6.50. The molecule has 3 nitrogen and oxygen atoms in total. The Morgan fingerprint density at radius 3 is 2.57 bits per heavy atom. The van der Waals surface area contributed by atoms with Gasteiger partial charge in [-0.25, -0.2) is 4.79 Å². The van der Waals surface area contributed by atoms with Gasteiger partial charge >= 0.3 is 6.09 Å². The zero-order chi connectivity index (χ0) is 10.7. The predicted octanol–water partition coefficient (Wildman–Crippen LogP) is 2.71. The average molecular weight is 199 g/mol. The minimum atomic E-state index is -0.880.